The topological polar surface area (TPSA) is 24.1 Å². The van der Waals surface area contributed by atoms with Gasteiger partial charge >= 0.3 is 0 Å². The predicted molar refractivity (Wildman–Crippen MR) is 92.3 cm³/mol. The molecule has 1 aliphatic heterocycles. The van der Waals surface area contributed by atoms with Gasteiger partial charge in [-0.1, -0.05) is 31.9 Å². The maximum atomic E-state index is 3.64. The Balaban J connectivity index is 1.90. The molecule has 0 aromatic heterocycles. The van der Waals surface area contributed by atoms with Crippen molar-refractivity contribution in [2.75, 3.05) is 10.6 Å². The first-order valence-electron chi connectivity index (χ1n) is 6.70. The van der Waals surface area contributed by atoms with Crippen molar-refractivity contribution in [3.8, 4) is 0 Å². The van der Waals surface area contributed by atoms with Crippen molar-refractivity contribution in [3.63, 3.8) is 0 Å². The van der Waals surface area contributed by atoms with E-state index in [1.807, 2.05) is 0 Å². The SMILES string of the molecule is C[C@@H]1C[C@H](Nc2ccc(Br)cc2)c2cc(Br)ccc2N1. The fraction of sp³-hybridized carbons (Fsp3) is 0.250. The minimum Gasteiger partial charge on any atom is -0.382 e. The van der Waals surface area contributed by atoms with Gasteiger partial charge < -0.3 is 10.6 Å². The summed E-state index contributed by atoms with van der Waals surface area (Å²) >= 11 is 7.04. The van der Waals surface area contributed by atoms with Crippen LogP contribution in [0, 0.1) is 0 Å². The van der Waals surface area contributed by atoms with Gasteiger partial charge in [0.25, 0.3) is 0 Å². The summed E-state index contributed by atoms with van der Waals surface area (Å²) in [6.07, 6.45) is 1.07. The van der Waals surface area contributed by atoms with Crippen LogP contribution in [0.5, 0.6) is 0 Å². The third-order valence-electron chi connectivity index (χ3n) is 3.57. The molecule has 2 aromatic rings. The van der Waals surface area contributed by atoms with E-state index in [0.29, 0.717) is 12.1 Å². The Hall–Kier alpha value is -1.00. The largest absolute Gasteiger partial charge is 0.382 e. The lowest BCUT2D eigenvalue weighted by Gasteiger charge is -2.32. The van der Waals surface area contributed by atoms with Gasteiger partial charge in [-0.2, -0.15) is 0 Å². The number of benzene rings is 2. The molecule has 4 heteroatoms. The lowest BCUT2D eigenvalue weighted by Crippen LogP contribution is -2.28. The first kappa shape index (κ1) is 14.0. The summed E-state index contributed by atoms with van der Waals surface area (Å²) in [5.74, 6) is 0. The molecule has 104 valence electrons. The molecule has 2 atom stereocenters. The van der Waals surface area contributed by atoms with Gasteiger partial charge in [0.05, 0.1) is 6.04 Å². The molecule has 1 heterocycles. The predicted octanol–water partition coefficient (Wildman–Crippen LogP) is 5.57. The van der Waals surface area contributed by atoms with Crippen LogP contribution in [0.25, 0.3) is 0 Å². The van der Waals surface area contributed by atoms with Crippen LogP contribution in [0.2, 0.25) is 0 Å². The normalized spacial score (nSPS) is 20.9. The average molecular weight is 396 g/mol. The highest BCUT2D eigenvalue weighted by molar-refractivity contribution is 9.10. The molecule has 0 unspecified atom stereocenters. The molecule has 2 N–H and O–H groups in total. The van der Waals surface area contributed by atoms with Crippen LogP contribution in [0.4, 0.5) is 11.4 Å². The maximum Gasteiger partial charge on any atom is 0.0554 e. The first-order valence-corrected chi connectivity index (χ1v) is 8.28. The Morgan fingerprint density at radius 1 is 1.05 bits per heavy atom. The third kappa shape index (κ3) is 3.01. The highest BCUT2D eigenvalue weighted by Gasteiger charge is 2.24. The summed E-state index contributed by atoms with van der Waals surface area (Å²) in [5.41, 5.74) is 3.69. The second-order valence-electron chi connectivity index (χ2n) is 5.22. The van der Waals surface area contributed by atoms with E-state index >= 15 is 0 Å². The molecule has 0 amide bonds. The number of anilines is 2. The zero-order chi connectivity index (χ0) is 14.1. The van der Waals surface area contributed by atoms with Crippen LogP contribution in [0.15, 0.2) is 51.4 Å². The summed E-state index contributed by atoms with van der Waals surface area (Å²) in [6.45, 7) is 2.22. The van der Waals surface area contributed by atoms with Gasteiger partial charge in [-0.15, -0.1) is 0 Å². The zero-order valence-corrected chi connectivity index (χ0v) is 14.3. The summed E-state index contributed by atoms with van der Waals surface area (Å²) in [5, 5.41) is 7.18. The molecule has 2 nitrogen and oxygen atoms in total. The standard InChI is InChI=1S/C16H16Br2N2/c1-10-8-16(20-13-5-2-11(17)3-6-13)14-9-12(18)4-7-15(14)19-10/h2-7,9-10,16,19-20H,8H2,1H3/t10-,16+/m1/s1. The number of halogens is 2. The molecule has 2 aromatic carbocycles. The molecule has 0 aliphatic carbocycles. The van der Waals surface area contributed by atoms with Gasteiger partial charge in [0.2, 0.25) is 0 Å². The van der Waals surface area contributed by atoms with Crippen molar-refractivity contribution in [2.24, 2.45) is 0 Å². The first-order chi connectivity index (χ1) is 9.61. The van der Waals surface area contributed by atoms with Crippen LogP contribution >= 0.6 is 31.9 Å². The minimum absolute atomic E-state index is 0.333. The average Bonchev–Trinajstić information content (AvgIpc) is 2.42. The van der Waals surface area contributed by atoms with Gasteiger partial charge in [0, 0.05) is 26.4 Å². The Morgan fingerprint density at radius 2 is 1.75 bits per heavy atom. The molecular weight excluding hydrogens is 380 g/mol. The summed E-state index contributed by atoms with van der Waals surface area (Å²) in [4.78, 5) is 0. The summed E-state index contributed by atoms with van der Waals surface area (Å²) in [6, 6.07) is 15.6. The Morgan fingerprint density at radius 3 is 2.50 bits per heavy atom. The number of rotatable bonds is 2. The molecule has 3 rings (SSSR count). The van der Waals surface area contributed by atoms with E-state index in [1.54, 1.807) is 0 Å². The van der Waals surface area contributed by atoms with Crippen molar-refractivity contribution >= 4 is 43.2 Å². The molecule has 0 spiro atoms. The Bertz CT molecular complexity index is 610. The maximum absolute atomic E-state index is 3.64. The fourth-order valence-electron chi connectivity index (χ4n) is 2.64. The van der Waals surface area contributed by atoms with Crippen molar-refractivity contribution in [2.45, 2.75) is 25.4 Å². The van der Waals surface area contributed by atoms with Crippen LogP contribution in [-0.4, -0.2) is 6.04 Å². The molecule has 20 heavy (non-hydrogen) atoms. The van der Waals surface area contributed by atoms with Gasteiger partial charge in [-0.3, -0.25) is 0 Å². The number of hydrogen-bond donors (Lipinski definition) is 2. The van der Waals surface area contributed by atoms with Crippen molar-refractivity contribution in [3.05, 3.63) is 57.0 Å². The lowest BCUT2D eigenvalue weighted by molar-refractivity contribution is 0.599. The monoisotopic (exact) mass is 394 g/mol. The second-order valence-corrected chi connectivity index (χ2v) is 7.05. The van der Waals surface area contributed by atoms with E-state index in [2.05, 4.69) is 91.9 Å². The highest BCUT2D eigenvalue weighted by atomic mass is 79.9. The van der Waals surface area contributed by atoms with E-state index in [9.17, 15) is 0 Å². The molecule has 0 saturated heterocycles. The smallest absolute Gasteiger partial charge is 0.0554 e. The minimum atomic E-state index is 0.333. The second kappa shape index (κ2) is 5.78. The summed E-state index contributed by atoms with van der Waals surface area (Å²) in [7, 11) is 0. The van der Waals surface area contributed by atoms with Crippen molar-refractivity contribution in [1.29, 1.82) is 0 Å². The molecule has 0 saturated carbocycles. The van der Waals surface area contributed by atoms with E-state index < -0.39 is 0 Å². The van der Waals surface area contributed by atoms with E-state index in [0.717, 1.165) is 21.1 Å². The molecule has 0 bridgehead atoms. The van der Waals surface area contributed by atoms with Crippen LogP contribution in [-0.2, 0) is 0 Å². The fourth-order valence-corrected chi connectivity index (χ4v) is 3.29. The number of hydrogen-bond acceptors (Lipinski definition) is 2. The van der Waals surface area contributed by atoms with E-state index in [4.69, 9.17) is 0 Å². The van der Waals surface area contributed by atoms with E-state index in [1.165, 1.54) is 11.3 Å². The number of nitrogens with one attached hydrogen (secondary N) is 2. The Labute approximate surface area is 136 Å². The van der Waals surface area contributed by atoms with Gasteiger partial charge in [0.15, 0.2) is 0 Å². The van der Waals surface area contributed by atoms with Crippen LogP contribution < -0.4 is 10.6 Å². The van der Waals surface area contributed by atoms with Gasteiger partial charge in [-0.05, 0) is 61.4 Å². The van der Waals surface area contributed by atoms with Gasteiger partial charge in [0.1, 0.15) is 0 Å². The molecule has 0 fully saturated rings. The van der Waals surface area contributed by atoms with Crippen LogP contribution in [0.3, 0.4) is 0 Å². The molecule has 1 aliphatic rings. The number of fused-ring (bicyclic) bond motifs is 1. The highest BCUT2D eigenvalue weighted by Crippen LogP contribution is 2.36. The third-order valence-corrected chi connectivity index (χ3v) is 4.59. The Kier molecular flexibility index (Phi) is 4.03. The van der Waals surface area contributed by atoms with Crippen molar-refractivity contribution in [1.82, 2.24) is 0 Å². The molecule has 0 radical (unpaired) electrons. The van der Waals surface area contributed by atoms with E-state index in [-0.39, 0.29) is 0 Å². The van der Waals surface area contributed by atoms with Crippen LogP contribution in [0.1, 0.15) is 24.9 Å². The summed E-state index contributed by atoms with van der Waals surface area (Å²) < 4.78 is 2.22. The lowest BCUT2D eigenvalue weighted by atomic mass is 9.93. The quantitative estimate of drug-likeness (QED) is 0.694. The van der Waals surface area contributed by atoms with Gasteiger partial charge in [-0.25, -0.2) is 0 Å². The van der Waals surface area contributed by atoms with Crippen molar-refractivity contribution < 1.29 is 0 Å². The molecular formula is C16H16Br2N2. The zero-order valence-electron chi connectivity index (χ0n) is 11.2.